The van der Waals surface area contributed by atoms with E-state index >= 15 is 0 Å². The molecule has 0 unspecified atom stereocenters. The van der Waals surface area contributed by atoms with Crippen LogP contribution in [0.2, 0.25) is 0 Å². The number of rotatable bonds is 10. The molecule has 0 aliphatic heterocycles. The van der Waals surface area contributed by atoms with Gasteiger partial charge >= 0.3 is 11.9 Å². The third-order valence-electron chi connectivity index (χ3n) is 4.03. The highest BCUT2D eigenvalue weighted by Crippen LogP contribution is 2.34. The maximum atomic E-state index is 12.4. The molecule has 0 heterocycles. The Bertz CT molecular complexity index is 671. The number of carbonyl (C=O) groups excluding carboxylic acids is 2. The van der Waals surface area contributed by atoms with Gasteiger partial charge < -0.3 is 9.47 Å². The van der Waals surface area contributed by atoms with Crippen LogP contribution < -0.4 is 0 Å². The van der Waals surface area contributed by atoms with Crippen molar-refractivity contribution in [2.24, 2.45) is 5.92 Å². The Morgan fingerprint density at radius 1 is 0.963 bits per heavy atom. The van der Waals surface area contributed by atoms with E-state index in [1.807, 2.05) is 0 Å². The molecule has 2 atom stereocenters. The fourth-order valence-electron chi connectivity index (χ4n) is 2.84. The van der Waals surface area contributed by atoms with Crippen LogP contribution in [0.1, 0.15) is 38.7 Å². The van der Waals surface area contributed by atoms with Crippen LogP contribution in [0.5, 0.6) is 0 Å². The van der Waals surface area contributed by atoms with Crippen molar-refractivity contribution < 1.29 is 28.9 Å². The van der Waals surface area contributed by atoms with Gasteiger partial charge in [-0.2, -0.15) is 0 Å². The lowest BCUT2D eigenvalue weighted by Gasteiger charge is -2.26. The summed E-state index contributed by atoms with van der Waals surface area (Å²) in [6.07, 6.45) is 0.0317. The molecule has 0 radical (unpaired) electrons. The highest BCUT2D eigenvalue weighted by atomic mass is 16.6. The van der Waals surface area contributed by atoms with Gasteiger partial charge in [0.05, 0.1) is 24.1 Å². The largest absolute Gasteiger partial charge is 0.465 e. The van der Waals surface area contributed by atoms with Crippen molar-refractivity contribution >= 4 is 17.6 Å². The molecule has 0 aromatic heterocycles. The lowest BCUT2D eigenvalue weighted by atomic mass is 9.79. The summed E-state index contributed by atoms with van der Waals surface area (Å²) in [6, 6.07) is 3.66. The van der Waals surface area contributed by atoms with E-state index in [-0.39, 0.29) is 30.9 Å². The second-order valence-corrected chi connectivity index (χ2v) is 5.62. The van der Waals surface area contributed by atoms with Crippen LogP contribution in [-0.4, -0.2) is 41.0 Å². The first kappa shape index (κ1) is 22.0. The topological polar surface area (TPSA) is 139 Å². The normalized spacial score (nSPS) is 12.9. The van der Waals surface area contributed by atoms with Gasteiger partial charge in [-0.15, -0.1) is 0 Å². The highest BCUT2D eigenvalue weighted by Gasteiger charge is 2.47. The SMILES string of the molecule is CCOC(=O)C(C(=O)OCC)[C@@H](c1ccc([N+](=O)[O-])cc1)[C@@H](CC)[N+](=O)[O-]. The number of hydrogen-bond donors (Lipinski definition) is 0. The van der Waals surface area contributed by atoms with Crippen molar-refractivity contribution in [1.82, 2.24) is 0 Å². The van der Waals surface area contributed by atoms with Crippen molar-refractivity contribution in [2.45, 2.75) is 39.2 Å². The van der Waals surface area contributed by atoms with Crippen molar-refractivity contribution in [1.29, 1.82) is 0 Å². The van der Waals surface area contributed by atoms with Crippen molar-refractivity contribution in [2.75, 3.05) is 13.2 Å². The zero-order chi connectivity index (χ0) is 20.6. The Balaban J connectivity index is 3.51. The summed E-state index contributed by atoms with van der Waals surface area (Å²) in [5, 5.41) is 22.4. The van der Waals surface area contributed by atoms with Crippen LogP contribution in [0.3, 0.4) is 0 Å². The number of nitro groups is 2. The lowest BCUT2D eigenvalue weighted by Crippen LogP contribution is -2.41. The molecule has 0 amide bonds. The summed E-state index contributed by atoms with van der Waals surface area (Å²) >= 11 is 0. The van der Waals surface area contributed by atoms with E-state index in [1.54, 1.807) is 20.8 Å². The number of ether oxygens (including phenoxy) is 2. The minimum absolute atomic E-state index is 0.0169. The molecule has 0 fully saturated rings. The molecule has 1 aromatic carbocycles. The quantitative estimate of drug-likeness (QED) is 0.260. The van der Waals surface area contributed by atoms with E-state index in [9.17, 15) is 29.8 Å². The van der Waals surface area contributed by atoms with Crippen LogP contribution in [0, 0.1) is 26.1 Å². The first-order valence-electron chi connectivity index (χ1n) is 8.49. The maximum absolute atomic E-state index is 12.4. The second kappa shape index (κ2) is 10.2. The number of esters is 2. The summed E-state index contributed by atoms with van der Waals surface area (Å²) in [5.41, 5.74) is 0.0331. The van der Waals surface area contributed by atoms with Gasteiger partial charge in [0, 0.05) is 23.5 Å². The third-order valence-corrected chi connectivity index (χ3v) is 4.03. The van der Waals surface area contributed by atoms with E-state index < -0.39 is 39.7 Å². The molecule has 148 valence electrons. The summed E-state index contributed by atoms with van der Waals surface area (Å²) in [4.78, 5) is 46.1. The van der Waals surface area contributed by atoms with Gasteiger partial charge in [-0.3, -0.25) is 29.8 Å². The zero-order valence-electron chi connectivity index (χ0n) is 15.3. The molecule has 1 aromatic rings. The molecule has 0 aliphatic rings. The van der Waals surface area contributed by atoms with Crippen LogP contribution in [-0.2, 0) is 19.1 Å². The van der Waals surface area contributed by atoms with E-state index in [2.05, 4.69) is 0 Å². The monoisotopic (exact) mass is 382 g/mol. The van der Waals surface area contributed by atoms with Crippen LogP contribution in [0.25, 0.3) is 0 Å². The molecule has 0 bridgehead atoms. The molecule has 10 heteroatoms. The number of carbonyl (C=O) groups is 2. The molecule has 1 rings (SSSR count). The van der Waals surface area contributed by atoms with E-state index in [1.165, 1.54) is 24.3 Å². The molecule has 0 N–H and O–H groups in total. The summed E-state index contributed by atoms with van der Waals surface area (Å²) in [6.45, 7) is 4.62. The molecule has 0 aliphatic carbocycles. The third kappa shape index (κ3) is 5.47. The van der Waals surface area contributed by atoms with Crippen LogP contribution >= 0.6 is 0 Å². The molecule has 0 saturated heterocycles. The van der Waals surface area contributed by atoms with Gasteiger partial charge in [0.1, 0.15) is 0 Å². The smallest absolute Gasteiger partial charge is 0.321 e. The van der Waals surface area contributed by atoms with E-state index in [0.29, 0.717) is 0 Å². The predicted molar refractivity (Wildman–Crippen MR) is 93.7 cm³/mol. The average Bonchev–Trinajstić information content (AvgIpc) is 2.61. The summed E-state index contributed by atoms with van der Waals surface area (Å²) in [7, 11) is 0. The van der Waals surface area contributed by atoms with Crippen molar-refractivity contribution in [3.05, 3.63) is 50.1 Å². The van der Waals surface area contributed by atoms with Crippen LogP contribution in [0.15, 0.2) is 24.3 Å². The van der Waals surface area contributed by atoms with Gasteiger partial charge in [-0.05, 0) is 19.4 Å². The predicted octanol–water partition coefficient (Wildman–Crippen LogP) is 2.48. The first-order valence-corrected chi connectivity index (χ1v) is 8.49. The molecule has 10 nitrogen and oxygen atoms in total. The zero-order valence-corrected chi connectivity index (χ0v) is 15.3. The fraction of sp³-hybridized carbons (Fsp3) is 0.529. The Labute approximate surface area is 155 Å². The number of non-ortho nitro benzene ring substituents is 1. The van der Waals surface area contributed by atoms with Crippen molar-refractivity contribution in [3.63, 3.8) is 0 Å². The molecule has 0 saturated carbocycles. The minimum atomic E-state index is -1.55. The molecule has 0 spiro atoms. The van der Waals surface area contributed by atoms with Gasteiger partial charge in [-0.25, -0.2) is 0 Å². The minimum Gasteiger partial charge on any atom is -0.465 e. The Morgan fingerprint density at radius 2 is 1.44 bits per heavy atom. The Morgan fingerprint density at radius 3 is 1.78 bits per heavy atom. The molecule has 27 heavy (non-hydrogen) atoms. The number of nitrogens with zero attached hydrogens (tertiary/aromatic N) is 2. The fourth-order valence-corrected chi connectivity index (χ4v) is 2.84. The van der Waals surface area contributed by atoms with Crippen molar-refractivity contribution in [3.8, 4) is 0 Å². The first-order chi connectivity index (χ1) is 12.8. The lowest BCUT2D eigenvalue weighted by molar-refractivity contribution is -0.528. The Kier molecular flexibility index (Phi) is 8.31. The van der Waals surface area contributed by atoms with Gasteiger partial charge in [0.25, 0.3) is 5.69 Å². The van der Waals surface area contributed by atoms with Gasteiger partial charge in [0.15, 0.2) is 5.92 Å². The van der Waals surface area contributed by atoms with E-state index in [4.69, 9.17) is 9.47 Å². The molecular weight excluding hydrogens is 360 g/mol. The van der Waals surface area contributed by atoms with E-state index in [0.717, 1.165) is 0 Å². The number of nitro benzene ring substituents is 1. The summed E-state index contributed by atoms with van der Waals surface area (Å²) < 4.78 is 9.88. The maximum Gasteiger partial charge on any atom is 0.321 e. The van der Waals surface area contributed by atoms with Gasteiger partial charge in [0.2, 0.25) is 6.04 Å². The average molecular weight is 382 g/mol. The highest BCUT2D eigenvalue weighted by molar-refractivity contribution is 5.96. The Hall–Kier alpha value is -3.04. The number of benzene rings is 1. The number of hydrogen-bond acceptors (Lipinski definition) is 8. The molecular formula is C17H22N2O8. The standard InChI is InChI=1S/C17H22N2O8/c1-4-13(19(24)25)14(11-7-9-12(10-8-11)18(22)23)15(16(20)26-5-2)17(21)27-6-3/h7-10,13-15H,4-6H2,1-3H3/t13-,14+/m1/s1. The summed E-state index contributed by atoms with van der Waals surface area (Å²) in [5.74, 6) is -4.61. The second-order valence-electron chi connectivity index (χ2n) is 5.62. The van der Waals surface area contributed by atoms with Crippen LogP contribution in [0.4, 0.5) is 5.69 Å². The van der Waals surface area contributed by atoms with Gasteiger partial charge in [-0.1, -0.05) is 19.1 Å².